The van der Waals surface area contributed by atoms with Crippen molar-refractivity contribution in [3.8, 4) is 0 Å². The Morgan fingerprint density at radius 2 is 1.93 bits per heavy atom. The minimum atomic E-state index is -0.708. The van der Waals surface area contributed by atoms with Crippen molar-refractivity contribution in [3.05, 3.63) is 52.9 Å². The van der Waals surface area contributed by atoms with Gasteiger partial charge in [0.1, 0.15) is 6.04 Å². The van der Waals surface area contributed by atoms with Crippen LogP contribution in [0.2, 0.25) is 0 Å². The van der Waals surface area contributed by atoms with Gasteiger partial charge in [0.15, 0.2) is 0 Å². The van der Waals surface area contributed by atoms with E-state index in [9.17, 15) is 9.59 Å². The Morgan fingerprint density at radius 3 is 2.67 bits per heavy atom. The zero-order chi connectivity index (χ0) is 19.1. The Hall–Kier alpha value is -3.29. The number of carbonyl (C=O) groups is 2. The van der Waals surface area contributed by atoms with E-state index in [1.54, 1.807) is 24.5 Å². The summed E-state index contributed by atoms with van der Waals surface area (Å²) in [6.07, 6.45) is 1.90. The first-order valence-corrected chi connectivity index (χ1v) is 8.63. The summed E-state index contributed by atoms with van der Waals surface area (Å²) in [4.78, 5) is 43.2. The number of amides is 1. The Kier molecular flexibility index (Phi) is 4.10. The van der Waals surface area contributed by atoms with Gasteiger partial charge in [0.2, 0.25) is 0 Å². The van der Waals surface area contributed by atoms with E-state index in [4.69, 9.17) is 4.74 Å². The van der Waals surface area contributed by atoms with Gasteiger partial charge in [-0.05, 0) is 32.0 Å². The second kappa shape index (κ2) is 6.46. The number of nitrogens with one attached hydrogen (secondary N) is 1. The molecule has 1 unspecified atom stereocenters. The maximum atomic E-state index is 13.2. The van der Waals surface area contributed by atoms with E-state index in [1.165, 1.54) is 12.0 Å². The molecule has 0 fully saturated rings. The summed E-state index contributed by atoms with van der Waals surface area (Å²) >= 11 is 0. The molecule has 1 amide bonds. The highest BCUT2D eigenvalue weighted by Crippen LogP contribution is 2.24. The van der Waals surface area contributed by atoms with Crippen LogP contribution in [0.4, 0.5) is 0 Å². The number of esters is 1. The van der Waals surface area contributed by atoms with Crippen LogP contribution in [0.25, 0.3) is 11.0 Å². The van der Waals surface area contributed by atoms with Crippen LogP contribution in [0.1, 0.15) is 33.1 Å². The summed E-state index contributed by atoms with van der Waals surface area (Å²) in [6, 6.07) is 4.50. The number of aromatic nitrogens is 4. The first-order valence-electron chi connectivity index (χ1n) is 8.63. The van der Waals surface area contributed by atoms with Crippen molar-refractivity contribution in [1.82, 2.24) is 24.8 Å². The second-order valence-electron chi connectivity index (χ2n) is 6.60. The largest absolute Gasteiger partial charge is 0.467 e. The van der Waals surface area contributed by atoms with Crippen LogP contribution < -0.4 is 0 Å². The second-order valence-corrected chi connectivity index (χ2v) is 6.60. The molecule has 0 bridgehead atoms. The van der Waals surface area contributed by atoms with Gasteiger partial charge in [0.05, 0.1) is 53.8 Å². The molecule has 8 nitrogen and oxygen atoms in total. The molecule has 3 heterocycles. The highest BCUT2D eigenvalue weighted by Gasteiger charge is 2.37. The smallest absolute Gasteiger partial charge is 0.329 e. The molecule has 8 heteroatoms. The fourth-order valence-electron chi connectivity index (χ4n) is 3.33. The quantitative estimate of drug-likeness (QED) is 0.694. The lowest BCUT2D eigenvalue weighted by Gasteiger charge is -2.33. The summed E-state index contributed by atoms with van der Waals surface area (Å²) in [5, 5.41) is 0. The molecule has 0 saturated carbocycles. The molecule has 3 aromatic rings. The molecule has 138 valence electrons. The number of hydrogen-bond acceptors (Lipinski definition) is 6. The number of carbonyl (C=O) groups excluding carboxylic acids is 2. The van der Waals surface area contributed by atoms with Gasteiger partial charge < -0.3 is 14.6 Å². The van der Waals surface area contributed by atoms with Gasteiger partial charge in [0, 0.05) is 12.0 Å². The monoisotopic (exact) mass is 365 g/mol. The molecule has 1 aromatic carbocycles. The number of ether oxygens (including phenoxy) is 1. The highest BCUT2D eigenvalue weighted by molar-refractivity contribution is 5.99. The molecule has 0 radical (unpaired) electrons. The third-order valence-electron chi connectivity index (χ3n) is 4.96. The standard InChI is InChI=1S/C19H19N5O3/c1-10-11(2)23-15-6-12(4-5-13(15)22-10)18(25)24-8-16-14(20-9-21-16)7-17(24)19(26)27-3/h4-6,9,17H,7-8H2,1-3H3,(H,20,21). The van der Waals surface area contributed by atoms with Crippen LogP contribution >= 0.6 is 0 Å². The number of rotatable bonds is 2. The minimum absolute atomic E-state index is 0.257. The fraction of sp³-hybridized carbons (Fsp3) is 0.316. The van der Waals surface area contributed by atoms with Crippen molar-refractivity contribution in [1.29, 1.82) is 0 Å². The molecule has 4 rings (SSSR count). The SMILES string of the molecule is COC(=O)C1Cc2nc[nH]c2CN1C(=O)c1ccc2nc(C)c(C)nc2c1. The predicted octanol–water partition coefficient (Wildman–Crippen LogP) is 1.71. The summed E-state index contributed by atoms with van der Waals surface area (Å²) in [5.41, 5.74) is 5.12. The van der Waals surface area contributed by atoms with Crippen LogP contribution in [0.3, 0.4) is 0 Å². The average Bonchev–Trinajstić information content (AvgIpc) is 3.14. The molecule has 0 spiro atoms. The first kappa shape index (κ1) is 17.1. The zero-order valence-electron chi connectivity index (χ0n) is 15.3. The number of hydrogen-bond donors (Lipinski definition) is 1. The van der Waals surface area contributed by atoms with E-state index in [0.717, 1.165) is 28.3 Å². The number of nitrogens with zero attached hydrogens (tertiary/aromatic N) is 4. The molecule has 27 heavy (non-hydrogen) atoms. The van der Waals surface area contributed by atoms with Gasteiger partial charge in [-0.3, -0.25) is 4.79 Å². The van der Waals surface area contributed by atoms with E-state index < -0.39 is 12.0 Å². The highest BCUT2D eigenvalue weighted by atomic mass is 16.5. The molecule has 0 aliphatic carbocycles. The van der Waals surface area contributed by atoms with E-state index in [2.05, 4.69) is 19.9 Å². The van der Waals surface area contributed by atoms with Crippen molar-refractivity contribution in [3.63, 3.8) is 0 Å². The van der Waals surface area contributed by atoms with Gasteiger partial charge in [-0.15, -0.1) is 0 Å². The molecule has 1 aliphatic heterocycles. The zero-order valence-corrected chi connectivity index (χ0v) is 15.3. The molecule has 1 atom stereocenters. The molecular formula is C19H19N5O3. The molecule has 1 N–H and O–H groups in total. The van der Waals surface area contributed by atoms with Crippen molar-refractivity contribution in [2.24, 2.45) is 0 Å². The number of aryl methyl sites for hydroxylation is 2. The molecule has 0 saturated heterocycles. The summed E-state index contributed by atoms with van der Waals surface area (Å²) < 4.78 is 4.90. The van der Waals surface area contributed by atoms with Gasteiger partial charge in [-0.2, -0.15) is 0 Å². The van der Waals surface area contributed by atoms with Crippen LogP contribution in [0.15, 0.2) is 24.5 Å². The minimum Gasteiger partial charge on any atom is -0.467 e. The third kappa shape index (κ3) is 2.92. The van der Waals surface area contributed by atoms with E-state index in [0.29, 0.717) is 17.5 Å². The summed E-state index contributed by atoms with van der Waals surface area (Å²) in [5.74, 6) is -0.711. The van der Waals surface area contributed by atoms with Gasteiger partial charge in [0.25, 0.3) is 5.91 Å². The fourth-order valence-corrected chi connectivity index (χ4v) is 3.33. The van der Waals surface area contributed by atoms with Crippen molar-refractivity contribution < 1.29 is 14.3 Å². The van der Waals surface area contributed by atoms with Gasteiger partial charge >= 0.3 is 5.97 Å². The Morgan fingerprint density at radius 1 is 1.19 bits per heavy atom. The van der Waals surface area contributed by atoms with Crippen LogP contribution in [-0.2, 0) is 22.5 Å². The Labute approximate surface area is 155 Å². The third-order valence-corrected chi connectivity index (χ3v) is 4.96. The molecule has 2 aromatic heterocycles. The van der Waals surface area contributed by atoms with Crippen LogP contribution in [0, 0.1) is 13.8 Å². The van der Waals surface area contributed by atoms with Crippen molar-refractivity contribution in [2.45, 2.75) is 32.9 Å². The molecular weight excluding hydrogens is 346 g/mol. The number of fused-ring (bicyclic) bond motifs is 2. The number of H-pyrrole nitrogens is 1. The summed E-state index contributed by atoms with van der Waals surface area (Å²) in [6.45, 7) is 4.05. The number of aromatic amines is 1. The van der Waals surface area contributed by atoms with Gasteiger partial charge in [-0.25, -0.2) is 19.7 Å². The van der Waals surface area contributed by atoms with Crippen molar-refractivity contribution in [2.75, 3.05) is 7.11 Å². The number of benzene rings is 1. The van der Waals surface area contributed by atoms with Crippen molar-refractivity contribution >= 4 is 22.9 Å². The van der Waals surface area contributed by atoms with Crippen LogP contribution in [-0.4, -0.2) is 49.9 Å². The first-order chi connectivity index (χ1) is 13.0. The van der Waals surface area contributed by atoms with E-state index >= 15 is 0 Å². The Balaban J connectivity index is 1.72. The lowest BCUT2D eigenvalue weighted by atomic mass is 10.0. The Bertz CT molecular complexity index is 1060. The number of imidazole rings is 1. The van der Waals surface area contributed by atoms with Gasteiger partial charge in [-0.1, -0.05) is 0 Å². The summed E-state index contributed by atoms with van der Waals surface area (Å²) in [7, 11) is 1.32. The normalized spacial score (nSPS) is 16.3. The van der Waals surface area contributed by atoms with Crippen LogP contribution in [0.5, 0.6) is 0 Å². The predicted molar refractivity (Wildman–Crippen MR) is 97.0 cm³/mol. The maximum Gasteiger partial charge on any atom is 0.329 e. The van der Waals surface area contributed by atoms with E-state index in [-0.39, 0.29) is 12.5 Å². The lowest BCUT2D eigenvalue weighted by Crippen LogP contribution is -2.49. The average molecular weight is 365 g/mol. The lowest BCUT2D eigenvalue weighted by molar-refractivity contribution is -0.146. The number of methoxy groups -OCH3 is 1. The topological polar surface area (TPSA) is 101 Å². The maximum absolute atomic E-state index is 13.2. The molecule has 1 aliphatic rings. The van der Waals surface area contributed by atoms with E-state index in [1.807, 2.05) is 13.8 Å².